The summed E-state index contributed by atoms with van der Waals surface area (Å²) in [5.74, 6) is 0.538. The van der Waals surface area contributed by atoms with E-state index < -0.39 is 0 Å². The Hall–Kier alpha value is -3.33. The molecule has 0 fully saturated rings. The normalized spacial score (nSPS) is 16.3. The van der Waals surface area contributed by atoms with Crippen LogP contribution in [0.25, 0.3) is 11.1 Å². The maximum absolute atomic E-state index is 13.5. The van der Waals surface area contributed by atoms with E-state index >= 15 is 0 Å². The summed E-state index contributed by atoms with van der Waals surface area (Å²) in [7, 11) is 0. The molecule has 0 N–H and O–H groups in total. The van der Waals surface area contributed by atoms with Crippen molar-refractivity contribution in [3.05, 3.63) is 94.5 Å². The molecular weight excluding hydrogens is 492 g/mol. The third-order valence-electron chi connectivity index (χ3n) is 8.72. The second-order valence-corrected chi connectivity index (χ2v) is 11.8. The van der Waals surface area contributed by atoms with E-state index in [-0.39, 0.29) is 41.5 Å². The number of ketones is 3. The number of hydrogen-bond donors (Lipinski definition) is 0. The minimum absolute atomic E-state index is 0.0236. The molecule has 3 heteroatoms. The Kier molecular flexibility index (Phi) is 10.3. The Morgan fingerprint density at radius 3 is 2.17 bits per heavy atom. The zero-order valence-electron chi connectivity index (χ0n) is 24.7. The summed E-state index contributed by atoms with van der Waals surface area (Å²) in [5.41, 5.74) is 8.07. The van der Waals surface area contributed by atoms with Gasteiger partial charge in [-0.15, -0.1) is 0 Å². The Morgan fingerprint density at radius 2 is 1.55 bits per heavy atom. The third-order valence-corrected chi connectivity index (χ3v) is 8.72. The molecule has 0 aromatic heterocycles. The van der Waals surface area contributed by atoms with E-state index in [2.05, 4.69) is 80.6 Å². The molecule has 0 aliphatic heterocycles. The molecule has 3 aromatic rings. The van der Waals surface area contributed by atoms with Crippen LogP contribution in [0.1, 0.15) is 91.9 Å². The van der Waals surface area contributed by atoms with Gasteiger partial charge in [-0.1, -0.05) is 93.4 Å². The fourth-order valence-corrected chi connectivity index (χ4v) is 6.79. The van der Waals surface area contributed by atoms with E-state index in [4.69, 9.17) is 0 Å². The first kappa shape index (κ1) is 29.6. The maximum atomic E-state index is 13.5. The van der Waals surface area contributed by atoms with E-state index in [9.17, 15) is 14.4 Å². The van der Waals surface area contributed by atoms with Gasteiger partial charge >= 0.3 is 0 Å². The van der Waals surface area contributed by atoms with Crippen molar-refractivity contribution in [3.8, 4) is 11.1 Å². The molecule has 0 radical (unpaired) electrons. The molecule has 0 saturated heterocycles. The van der Waals surface area contributed by atoms with Crippen molar-refractivity contribution in [1.29, 1.82) is 0 Å². The molecule has 1 aliphatic carbocycles. The van der Waals surface area contributed by atoms with Gasteiger partial charge in [0.1, 0.15) is 11.6 Å². The van der Waals surface area contributed by atoms with Crippen molar-refractivity contribution >= 4 is 17.3 Å². The van der Waals surface area contributed by atoms with Gasteiger partial charge in [0.2, 0.25) is 0 Å². The van der Waals surface area contributed by atoms with Crippen LogP contribution in [0.3, 0.4) is 0 Å². The van der Waals surface area contributed by atoms with Crippen LogP contribution in [-0.4, -0.2) is 17.3 Å². The van der Waals surface area contributed by atoms with Crippen LogP contribution in [0.15, 0.2) is 66.7 Å². The smallest absolute Gasteiger partial charge is 0.163 e. The quantitative estimate of drug-likeness (QED) is 0.206. The lowest BCUT2D eigenvalue weighted by atomic mass is 9.71. The summed E-state index contributed by atoms with van der Waals surface area (Å²) in [4.78, 5) is 38.2. The zero-order chi connectivity index (χ0) is 28.6. The molecule has 0 bridgehead atoms. The first-order chi connectivity index (χ1) is 19.3. The van der Waals surface area contributed by atoms with Crippen LogP contribution in [0.5, 0.6) is 0 Å². The number of Topliss-reactive ketones (excluding diaryl/α,β-unsaturated/α-hetero) is 3. The monoisotopic (exact) mass is 536 g/mol. The Morgan fingerprint density at radius 1 is 0.875 bits per heavy atom. The van der Waals surface area contributed by atoms with Gasteiger partial charge in [-0.2, -0.15) is 0 Å². The van der Waals surface area contributed by atoms with Gasteiger partial charge < -0.3 is 0 Å². The number of benzene rings is 3. The standard InChI is InChI=1S/C37H44O3/c1-5-10-31(32(6-2)35(39)21-26(4)38)22-29-23-34-33(20-13-25(3)37(34)36(40)24-29)30-18-16-28(17-19-30)15-14-27-11-8-7-9-12-27/h7-9,11-13,16-20,29,31-32H,5-6,10,14-15,21-24H2,1-4H3. The van der Waals surface area contributed by atoms with Gasteiger partial charge in [-0.25, -0.2) is 0 Å². The van der Waals surface area contributed by atoms with Crippen LogP contribution in [-0.2, 0) is 28.9 Å². The molecule has 0 heterocycles. The first-order valence-corrected chi connectivity index (χ1v) is 15.1. The number of hydrogen-bond acceptors (Lipinski definition) is 3. The van der Waals surface area contributed by atoms with Crippen LogP contribution >= 0.6 is 0 Å². The van der Waals surface area contributed by atoms with Crippen molar-refractivity contribution in [3.63, 3.8) is 0 Å². The molecule has 3 unspecified atom stereocenters. The highest BCUT2D eigenvalue weighted by molar-refractivity contribution is 6.02. The van der Waals surface area contributed by atoms with Gasteiger partial charge in [0.15, 0.2) is 5.78 Å². The lowest BCUT2D eigenvalue weighted by molar-refractivity contribution is -0.129. The summed E-state index contributed by atoms with van der Waals surface area (Å²) in [6.45, 7) is 7.75. The average molecular weight is 537 g/mol. The first-order valence-electron chi connectivity index (χ1n) is 15.1. The highest BCUT2D eigenvalue weighted by atomic mass is 16.1. The Balaban J connectivity index is 1.55. The second-order valence-electron chi connectivity index (χ2n) is 11.8. The van der Waals surface area contributed by atoms with E-state index in [0.29, 0.717) is 6.42 Å². The number of carbonyl (C=O) groups excluding carboxylic acids is 3. The van der Waals surface area contributed by atoms with E-state index in [1.165, 1.54) is 18.1 Å². The van der Waals surface area contributed by atoms with Crippen LogP contribution in [0.4, 0.5) is 0 Å². The fourth-order valence-electron chi connectivity index (χ4n) is 6.79. The van der Waals surface area contributed by atoms with Crippen molar-refractivity contribution in [2.24, 2.45) is 17.8 Å². The molecule has 40 heavy (non-hydrogen) atoms. The molecule has 210 valence electrons. The summed E-state index contributed by atoms with van der Waals surface area (Å²) < 4.78 is 0. The van der Waals surface area contributed by atoms with Crippen molar-refractivity contribution in [1.82, 2.24) is 0 Å². The molecule has 3 atom stereocenters. The predicted octanol–water partition coefficient (Wildman–Crippen LogP) is 8.57. The van der Waals surface area contributed by atoms with Crippen molar-refractivity contribution in [2.75, 3.05) is 0 Å². The number of fused-ring (bicyclic) bond motifs is 1. The van der Waals surface area contributed by atoms with Crippen LogP contribution in [0, 0.1) is 24.7 Å². The summed E-state index contributed by atoms with van der Waals surface area (Å²) in [5, 5.41) is 0. The lowest BCUT2D eigenvalue weighted by Crippen LogP contribution is -2.30. The van der Waals surface area contributed by atoms with Crippen LogP contribution in [0.2, 0.25) is 0 Å². The topological polar surface area (TPSA) is 51.2 Å². The van der Waals surface area contributed by atoms with Gasteiger partial charge in [0, 0.05) is 17.9 Å². The highest BCUT2D eigenvalue weighted by Gasteiger charge is 2.34. The van der Waals surface area contributed by atoms with E-state index in [1.807, 2.05) is 6.92 Å². The van der Waals surface area contributed by atoms with E-state index in [1.54, 1.807) is 0 Å². The van der Waals surface area contributed by atoms with Gasteiger partial charge in [-0.05, 0) is 91.2 Å². The molecule has 4 rings (SSSR count). The Bertz CT molecular complexity index is 1320. The molecule has 0 amide bonds. The summed E-state index contributed by atoms with van der Waals surface area (Å²) in [6.07, 6.45) is 6.97. The molecule has 3 nitrogen and oxygen atoms in total. The largest absolute Gasteiger partial charge is 0.300 e. The molecule has 3 aromatic carbocycles. The average Bonchev–Trinajstić information content (AvgIpc) is 2.93. The minimum Gasteiger partial charge on any atom is -0.300 e. The number of rotatable bonds is 13. The summed E-state index contributed by atoms with van der Waals surface area (Å²) >= 11 is 0. The summed E-state index contributed by atoms with van der Waals surface area (Å²) in [6, 6.07) is 23.7. The minimum atomic E-state index is -0.110. The molecular formula is C37H44O3. The van der Waals surface area contributed by atoms with Crippen LogP contribution < -0.4 is 0 Å². The number of carbonyl (C=O) groups is 3. The molecule has 0 spiro atoms. The fraction of sp³-hybridized carbons (Fsp3) is 0.432. The van der Waals surface area contributed by atoms with Gasteiger partial charge in [0.25, 0.3) is 0 Å². The van der Waals surface area contributed by atoms with Crippen molar-refractivity contribution < 1.29 is 14.4 Å². The van der Waals surface area contributed by atoms with Crippen molar-refractivity contribution in [2.45, 2.75) is 85.5 Å². The molecule has 0 saturated carbocycles. The molecule has 1 aliphatic rings. The lowest BCUT2D eigenvalue weighted by Gasteiger charge is -2.32. The predicted molar refractivity (Wildman–Crippen MR) is 164 cm³/mol. The Labute approximate surface area is 240 Å². The number of aryl methyl sites for hydroxylation is 3. The van der Waals surface area contributed by atoms with E-state index in [0.717, 1.165) is 72.8 Å². The second kappa shape index (κ2) is 13.8. The van der Waals surface area contributed by atoms with Gasteiger partial charge in [-0.3, -0.25) is 14.4 Å². The SMILES string of the molecule is CCCC(CC1CC(=O)c2c(C)ccc(-c3ccc(CCc4ccccc4)cc3)c2C1)C(CC)C(=O)CC(C)=O. The highest BCUT2D eigenvalue weighted by Crippen LogP contribution is 2.40. The maximum Gasteiger partial charge on any atom is 0.163 e. The van der Waals surface area contributed by atoms with Gasteiger partial charge in [0.05, 0.1) is 6.42 Å². The third kappa shape index (κ3) is 7.24. The zero-order valence-corrected chi connectivity index (χ0v) is 24.7.